The van der Waals surface area contributed by atoms with Crippen molar-refractivity contribution in [1.82, 2.24) is 0 Å². The number of hydrogen-bond donors (Lipinski definition) is 2. The highest BCUT2D eigenvalue weighted by molar-refractivity contribution is 7.11. The van der Waals surface area contributed by atoms with Crippen molar-refractivity contribution in [3.8, 4) is 11.5 Å². The van der Waals surface area contributed by atoms with E-state index in [0.717, 1.165) is 50.2 Å². The number of aryl methyl sites for hydroxylation is 2. The predicted octanol–water partition coefficient (Wildman–Crippen LogP) is 4.00. The van der Waals surface area contributed by atoms with Crippen LogP contribution in [0.1, 0.15) is 35.9 Å². The number of rotatable bonds is 11. The summed E-state index contributed by atoms with van der Waals surface area (Å²) in [4.78, 5) is 2.79. The number of ether oxygens (including phenoxy) is 2. The number of aliphatic hydroxyl groups excluding tert-OH is 1. The SMILES string of the molecule is COc1ccc(OCCCCc2ccc(CC[C@@H](C)C(N)O)s2)cc1. The third-order valence-electron chi connectivity index (χ3n) is 4.29. The Balaban J connectivity index is 1.61. The van der Waals surface area contributed by atoms with Crippen LogP contribution in [0.2, 0.25) is 0 Å². The predicted molar refractivity (Wildman–Crippen MR) is 103 cm³/mol. The Labute approximate surface area is 154 Å². The van der Waals surface area contributed by atoms with Crippen LogP contribution in [-0.2, 0) is 12.8 Å². The van der Waals surface area contributed by atoms with Gasteiger partial charge in [0.2, 0.25) is 0 Å². The van der Waals surface area contributed by atoms with E-state index in [2.05, 4.69) is 12.1 Å². The first-order valence-electron chi connectivity index (χ1n) is 8.86. The van der Waals surface area contributed by atoms with Crippen molar-refractivity contribution in [2.45, 2.75) is 45.3 Å². The minimum absolute atomic E-state index is 0.139. The fraction of sp³-hybridized carbons (Fsp3) is 0.500. The van der Waals surface area contributed by atoms with Crippen LogP contribution in [-0.4, -0.2) is 25.1 Å². The zero-order chi connectivity index (χ0) is 18.1. The van der Waals surface area contributed by atoms with Gasteiger partial charge in [0.05, 0.1) is 13.7 Å². The lowest BCUT2D eigenvalue weighted by Gasteiger charge is -2.13. The van der Waals surface area contributed by atoms with Gasteiger partial charge in [-0.15, -0.1) is 11.3 Å². The molecular weight excluding hydrogens is 334 g/mol. The van der Waals surface area contributed by atoms with Crippen LogP contribution in [0.15, 0.2) is 36.4 Å². The lowest BCUT2D eigenvalue weighted by atomic mass is 10.0. The molecule has 0 spiro atoms. The normalized spacial score (nSPS) is 13.4. The number of unbranched alkanes of at least 4 members (excludes halogenated alkanes) is 1. The molecule has 0 saturated heterocycles. The molecule has 0 amide bonds. The van der Waals surface area contributed by atoms with E-state index < -0.39 is 6.23 Å². The van der Waals surface area contributed by atoms with Crippen molar-refractivity contribution in [2.24, 2.45) is 11.7 Å². The molecule has 5 heteroatoms. The quantitative estimate of drug-likeness (QED) is 0.468. The Hall–Kier alpha value is -1.56. The van der Waals surface area contributed by atoms with Crippen molar-refractivity contribution in [2.75, 3.05) is 13.7 Å². The van der Waals surface area contributed by atoms with Gasteiger partial charge in [0.1, 0.15) is 17.7 Å². The van der Waals surface area contributed by atoms with E-state index in [-0.39, 0.29) is 5.92 Å². The summed E-state index contributed by atoms with van der Waals surface area (Å²) in [6.07, 6.45) is 4.44. The monoisotopic (exact) mass is 363 g/mol. The van der Waals surface area contributed by atoms with Crippen molar-refractivity contribution in [1.29, 1.82) is 0 Å². The molecule has 1 unspecified atom stereocenters. The van der Waals surface area contributed by atoms with Crippen LogP contribution >= 0.6 is 11.3 Å². The van der Waals surface area contributed by atoms with Gasteiger partial charge in [-0.05, 0) is 74.4 Å². The second-order valence-corrected chi connectivity index (χ2v) is 7.61. The smallest absolute Gasteiger partial charge is 0.119 e. The summed E-state index contributed by atoms with van der Waals surface area (Å²) >= 11 is 1.87. The molecule has 0 bridgehead atoms. The minimum atomic E-state index is -0.717. The summed E-state index contributed by atoms with van der Waals surface area (Å²) in [6, 6.07) is 12.1. The molecule has 0 aliphatic carbocycles. The van der Waals surface area contributed by atoms with Crippen molar-refractivity contribution in [3.05, 3.63) is 46.2 Å². The van der Waals surface area contributed by atoms with Crippen LogP contribution in [0.5, 0.6) is 11.5 Å². The van der Waals surface area contributed by atoms with E-state index in [0.29, 0.717) is 0 Å². The number of nitrogens with two attached hydrogens (primary N) is 1. The van der Waals surface area contributed by atoms with Crippen LogP contribution in [0.4, 0.5) is 0 Å². The minimum Gasteiger partial charge on any atom is -0.497 e. The number of benzene rings is 1. The molecule has 1 aromatic heterocycles. The van der Waals surface area contributed by atoms with Crippen molar-refractivity contribution in [3.63, 3.8) is 0 Å². The fourth-order valence-electron chi connectivity index (χ4n) is 2.50. The lowest BCUT2D eigenvalue weighted by Crippen LogP contribution is -2.27. The van der Waals surface area contributed by atoms with Gasteiger partial charge in [-0.3, -0.25) is 0 Å². The Morgan fingerprint density at radius 1 is 1.00 bits per heavy atom. The number of thiophene rings is 1. The molecule has 2 atom stereocenters. The van der Waals surface area contributed by atoms with Gasteiger partial charge in [0.25, 0.3) is 0 Å². The van der Waals surface area contributed by atoms with Gasteiger partial charge in [0.15, 0.2) is 0 Å². The first-order chi connectivity index (χ1) is 12.1. The summed E-state index contributed by atoms with van der Waals surface area (Å²) in [5.41, 5.74) is 5.50. The second-order valence-electron chi connectivity index (χ2n) is 6.36. The maximum absolute atomic E-state index is 9.34. The fourth-order valence-corrected chi connectivity index (χ4v) is 3.57. The van der Waals surface area contributed by atoms with Gasteiger partial charge in [-0.25, -0.2) is 0 Å². The van der Waals surface area contributed by atoms with Crippen molar-refractivity contribution < 1.29 is 14.6 Å². The van der Waals surface area contributed by atoms with Gasteiger partial charge in [-0.2, -0.15) is 0 Å². The summed E-state index contributed by atoms with van der Waals surface area (Å²) < 4.78 is 10.9. The zero-order valence-electron chi connectivity index (χ0n) is 15.1. The molecule has 2 rings (SSSR count). The van der Waals surface area contributed by atoms with E-state index in [9.17, 15) is 5.11 Å². The summed E-state index contributed by atoms with van der Waals surface area (Å²) in [5.74, 6) is 1.87. The average molecular weight is 364 g/mol. The number of hydrogen-bond acceptors (Lipinski definition) is 5. The first-order valence-corrected chi connectivity index (χ1v) is 9.68. The molecule has 0 aliphatic heterocycles. The Morgan fingerprint density at radius 2 is 1.64 bits per heavy atom. The molecule has 25 heavy (non-hydrogen) atoms. The Bertz CT molecular complexity index is 610. The van der Waals surface area contributed by atoms with E-state index in [1.807, 2.05) is 42.5 Å². The number of aliphatic hydroxyl groups is 1. The topological polar surface area (TPSA) is 64.7 Å². The van der Waals surface area contributed by atoms with E-state index in [1.54, 1.807) is 7.11 Å². The number of methoxy groups -OCH3 is 1. The maximum atomic E-state index is 9.34. The molecule has 0 radical (unpaired) electrons. The highest BCUT2D eigenvalue weighted by Crippen LogP contribution is 2.22. The Kier molecular flexibility index (Phi) is 8.25. The van der Waals surface area contributed by atoms with Crippen LogP contribution in [0.3, 0.4) is 0 Å². The average Bonchev–Trinajstić information content (AvgIpc) is 3.07. The maximum Gasteiger partial charge on any atom is 0.119 e. The summed E-state index contributed by atoms with van der Waals surface area (Å²) in [7, 11) is 1.66. The lowest BCUT2D eigenvalue weighted by molar-refractivity contribution is 0.119. The molecular formula is C20H29NO3S. The standard InChI is InChI=1S/C20H29NO3S/c1-15(20(21)22)6-11-19-13-12-18(25-19)5-3-4-14-24-17-9-7-16(23-2)8-10-17/h7-10,12-13,15,20,22H,3-6,11,14,21H2,1-2H3/t15-,20?/m1/s1. The summed E-state index contributed by atoms with van der Waals surface area (Å²) in [5, 5.41) is 9.34. The van der Waals surface area contributed by atoms with Gasteiger partial charge >= 0.3 is 0 Å². The molecule has 1 aromatic carbocycles. The highest BCUT2D eigenvalue weighted by atomic mass is 32.1. The highest BCUT2D eigenvalue weighted by Gasteiger charge is 2.10. The zero-order valence-corrected chi connectivity index (χ0v) is 15.9. The van der Waals surface area contributed by atoms with Crippen LogP contribution in [0.25, 0.3) is 0 Å². The third-order valence-corrected chi connectivity index (χ3v) is 5.50. The molecule has 4 nitrogen and oxygen atoms in total. The Morgan fingerprint density at radius 3 is 2.28 bits per heavy atom. The summed E-state index contributed by atoms with van der Waals surface area (Å²) in [6.45, 7) is 2.72. The van der Waals surface area contributed by atoms with Crippen LogP contribution in [0, 0.1) is 5.92 Å². The molecule has 0 aliphatic rings. The molecule has 1 heterocycles. The molecule has 138 valence electrons. The van der Waals surface area contributed by atoms with Gasteiger partial charge in [-0.1, -0.05) is 6.92 Å². The van der Waals surface area contributed by atoms with Crippen LogP contribution < -0.4 is 15.2 Å². The van der Waals surface area contributed by atoms with E-state index in [4.69, 9.17) is 15.2 Å². The molecule has 0 saturated carbocycles. The molecule has 0 fully saturated rings. The second kappa shape index (κ2) is 10.4. The van der Waals surface area contributed by atoms with Gasteiger partial charge in [0, 0.05) is 9.75 Å². The first kappa shape index (κ1) is 19.8. The van der Waals surface area contributed by atoms with E-state index >= 15 is 0 Å². The van der Waals surface area contributed by atoms with Crippen molar-refractivity contribution >= 4 is 11.3 Å². The van der Waals surface area contributed by atoms with E-state index in [1.165, 1.54) is 9.75 Å². The molecule has 3 N–H and O–H groups in total. The molecule has 2 aromatic rings. The largest absolute Gasteiger partial charge is 0.497 e. The third kappa shape index (κ3) is 7.06. The van der Waals surface area contributed by atoms with Gasteiger partial charge < -0.3 is 20.3 Å².